The van der Waals surface area contributed by atoms with Crippen molar-refractivity contribution in [2.45, 2.75) is 19.6 Å². The zero-order chi connectivity index (χ0) is 23.4. The van der Waals surface area contributed by atoms with Crippen molar-refractivity contribution in [1.82, 2.24) is 14.9 Å². The minimum Gasteiger partial charge on any atom is -0.497 e. The molecule has 1 unspecified atom stereocenters. The second-order valence-corrected chi connectivity index (χ2v) is 8.50. The summed E-state index contributed by atoms with van der Waals surface area (Å²) in [5.41, 5.74) is 5.28. The van der Waals surface area contributed by atoms with Gasteiger partial charge in [0.05, 0.1) is 26.5 Å². The summed E-state index contributed by atoms with van der Waals surface area (Å²) in [6, 6.07) is 14.3. The first-order valence-electron chi connectivity index (χ1n) is 11.1. The maximum Gasteiger partial charge on any atom is 0.225 e. The smallest absolute Gasteiger partial charge is 0.225 e. The van der Waals surface area contributed by atoms with Crippen molar-refractivity contribution in [2.24, 2.45) is 0 Å². The van der Waals surface area contributed by atoms with Crippen molar-refractivity contribution in [3.63, 3.8) is 0 Å². The number of hydrogen-bond acceptors (Lipinski definition) is 7. The summed E-state index contributed by atoms with van der Waals surface area (Å²) in [6.45, 7) is 5.12. The Morgan fingerprint density at radius 3 is 2.58 bits per heavy atom. The molecule has 0 aliphatic carbocycles. The van der Waals surface area contributed by atoms with E-state index in [2.05, 4.69) is 35.0 Å². The van der Waals surface area contributed by atoms with Crippen LogP contribution in [0.4, 0.5) is 5.95 Å². The van der Waals surface area contributed by atoms with Gasteiger partial charge in [-0.1, -0.05) is 24.3 Å². The van der Waals surface area contributed by atoms with E-state index in [-0.39, 0.29) is 6.10 Å². The van der Waals surface area contributed by atoms with Crippen LogP contribution in [-0.4, -0.2) is 62.9 Å². The van der Waals surface area contributed by atoms with Gasteiger partial charge in [0.15, 0.2) is 0 Å². The Hall–Kier alpha value is -3.16. The zero-order valence-electron chi connectivity index (χ0n) is 20.0. The number of hydrogen-bond donors (Lipinski definition) is 0. The number of nitrogens with zero attached hydrogens (tertiary/aromatic N) is 4. The van der Waals surface area contributed by atoms with E-state index >= 15 is 0 Å². The molecule has 1 aliphatic rings. The van der Waals surface area contributed by atoms with Crippen molar-refractivity contribution in [3.8, 4) is 22.6 Å². The number of morpholine rings is 1. The molecule has 0 amide bonds. The van der Waals surface area contributed by atoms with Crippen LogP contribution in [0, 0.1) is 6.92 Å². The van der Waals surface area contributed by atoms with Crippen molar-refractivity contribution < 1.29 is 14.2 Å². The first kappa shape index (κ1) is 23.0. The molecule has 1 saturated heterocycles. The third-order valence-corrected chi connectivity index (χ3v) is 5.90. The van der Waals surface area contributed by atoms with Gasteiger partial charge in [-0.2, -0.15) is 0 Å². The molecule has 7 nitrogen and oxygen atoms in total. The summed E-state index contributed by atoms with van der Waals surface area (Å²) < 4.78 is 17.2. The van der Waals surface area contributed by atoms with Gasteiger partial charge < -0.3 is 19.1 Å². The fourth-order valence-electron chi connectivity index (χ4n) is 4.07. The van der Waals surface area contributed by atoms with E-state index in [1.807, 2.05) is 49.5 Å². The number of aromatic nitrogens is 2. The van der Waals surface area contributed by atoms with Gasteiger partial charge in [-0.3, -0.25) is 4.90 Å². The van der Waals surface area contributed by atoms with Crippen LogP contribution < -0.4 is 14.4 Å². The number of benzene rings is 2. The fraction of sp³-hybridized carbons (Fsp3) is 0.385. The quantitative estimate of drug-likeness (QED) is 0.539. The topological polar surface area (TPSA) is 60.0 Å². The highest BCUT2D eigenvalue weighted by Gasteiger charge is 2.27. The van der Waals surface area contributed by atoms with Crippen LogP contribution in [0.3, 0.4) is 0 Å². The summed E-state index contributed by atoms with van der Waals surface area (Å²) in [5, 5.41) is 0. The standard InChI is InChI=1S/C26H32N4O3/c1-18-6-7-20(23(14-18)32-5)16-30-12-13-33-24(17-30)25-22(15-27-26(28-25)29(2)3)19-8-10-21(31-4)11-9-19/h6-11,14-15,24H,12-13,16-17H2,1-5H3. The van der Waals surface area contributed by atoms with Crippen molar-refractivity contribution in [2.75, 3.05) is 52.9 Å². The Bertz CT molecular complexity index is 1090. The predicted molar refractivity (Wildman–Crippen MR) is 130 cm³/mol. The molecule has 4 rings (SSSR count). The average molecular weight is 449 g/mol. The monoisotopic (exact) mass is 448 g/mol. The highest BCUT2D eigenvalue weighted by atomic mass is 16.5. The Morgan fingerprint density at radius 1 is 1.09 bits per heavy atom. The summed E-state index contributed by atoms with van der Waals surface area (Å²) >= 11 is 0. The zero-order valence-corrected chi connectivity index (χ0v) is 20.0. The number of aryl methyl sites for hydroxylation is 1. The van der Waals surface area contributed by atoms with E-state index < -0.39 is 0 Å². The molecule has 3 aromatic rings. The molecular weight excluding hydrogens is 416 g/mol. The van der Waals surface area contributed by atoms with Gasteiger partial charge in [-0.25, -0.2) is 9.97 Å². The molecule has 1 aromatic heterocycles. The van der Waals surface area contributed by atoms with Crippen LogP contribution in [0.1, 0.15) is 22.9 Å². The van der Waals surface area contributed by atoms with E-state index in [9.17, 15) is 0 Å². The Labute approximate surface area is 195 Å². The third kappa shape index (κ3) is 5.26. The van der Waals surface area contributed by atoms with Crippen LogP contribution in [0.5, 0.6) is 11.5 Å². The second kappa shape index (κ2) is 10.2. The van der Waals surface area contributed by atoms with E-state index in [1.165, 1.54) is 11.1 Å². The number of methoxy groups -OCH3 is 2. The third-order valence-electron chi connectivity index (χ3n) is 5.90. The number of ether oxygens (including phenoxy) is 3. The lowest BCUT2D eigenvalue weighted by Crippen LogP contribution is -2.38. The minimum absolute atomic E-state index is 0.158. The summed E-state index contributed by atoms with van der Waals surface area (Å²) in [6.07, 6.45) is 1.74. The van der Waals surface area contributed by atoms with Gasteiger partial charge in [-0.15, -0.1) is 0 Å². The van der Waals surface area contributed by atoms with Gasteiger partial charge in [0.1, 0.15) is 17.6 Å². The Kier molecular flexibility index (Phi) is 7.11. The van der Waals surface area contributed by atoms with Crippen LogP contribution in [0.15, 0.2) is 48.7 Å². The van der Waals surface area contributed by atoms with Crippen LogP contribution in [0.25, 0.3) is 11.1 Å². The molecule has 33 heavy (non-hydrogen) atoms. The number of rotatable bonds is 7. The van der Waals surface area contributed by atoms with E-state index in [0.29, 0.717) is 12.6 Å². The lowest BCUT2D eigenvalue weighted by atomic mass is 10.0. The summed E-state index contributed by atoms with van der Waals surface area (Å²) in [5.74, 6) is 2.41. The van der Waals surface area contributed by atoms with Crippen molar-refractivity contribution in [1.29, 1.82) is 0 Å². The normalized spacial score (nSPS) is 16.5. The highest BCUT2D eigenvalue weighted by molar-refractivity contribution is 5.67. The van der Waals surface area contributed by atoms with Gasteiger partial charge >= 0.3 is 0 Å². The molecule has 1 atom stereocenters. The summed E-state index contributed by atoms with van der Waals surface area (Å²) in [4.78, 5) is 13.8. The molecule has 2 aromatic carbocycles. The average Bonchev–Trinajstić information content (AvgIpc) is 2.85. The largest absolute Gasteiger partial charge is 0.497 e. The van der Waals surface area contributed by atoms with Crippen molar-refractivity contribution >= 4 is 5.95 Å². The van der Waals surface area contributed by atoms with E-state index in [1.54, 1.807) is 14.2 Å². The summed E-state index contributed by atoms with van der Waals surface area (Å²) in [7, 11) is 7.29. The Morgan fingerprint density at radius 2 is 1.88 bits per heavy atom. The molecule has 0 bridgehead atoms. The first-order valence-corrected chi connectivity index (χ1v) is 11.1. The first-order chi connectivity index (χ1) is 16.0. The van der Waals surface area contributed by atoms with Gasteiger partial charge in [0, 0.05) is 51.1 Å². The predicted octanol–water partition coefficient (Wildman–Crippen LogP) is 4.11. The van der Waals surface area contributed by atoms with Gasteiger partial charge in [0.2, 0.25) is 5.95 Å². The maximum atomic E-state index is 6.24. The molecule has 2 heterocycles. The lowest BCUT2D eigenvalue weighted by molar-refractivity contribution is -0.0348. The molecule has 0 saturated carbocycles. The van der Waals surface area contributed by atoms with Gasteiger partial charge in [-0.05, 0) is 36.2 Å². The molecule has 7 heteroatoms. The van der Waals surface area contributed by atoms with Crippen LogP contribution in [-0.2, 0) is 11.3 Å². The van der Waals surface area contributed by atoms with Crippen molar-refractivity contribution in [3.05, 3.63) is 65.5 Å². The second-order valence-electron chi connectivity index (χ2n) is 8.50. The lowest BCUT2D eigenvalue weighted by Gasteiger charge is -2.34. The fourth-order valence-corrected chi connectivity index (χ4v) is 4.07. The van der Waals surface area contributed by atoms with Crippen LogP contribution in [0.2, 0.25) is 0 Å². The highest BCUT2D eigenvalue weighted by Crippen LogP contribution is 2.33. The molecule has 0 radical (unpaired) electrons. The molecule has 174 valence electrons. The Balaban J connectivity index is 1.63. The van der Waals surface area contributed by atoms with E-state index in [4.69, 9.17) is 19.2 Å². The molecule has 1 fully saturated rings. The molecule has 0 N–H and O–H groups in total. The van der Waals surface area contributed by atoms with Crippen LogP contribution >= 0.6 is 0 Å². The molecule has 1 aliphatic heterocycles. The maximum absolute atomic E-state index is 6.24. The SMILES string of the molecule is COc1ccc(-c2cnc(N(C)C)nc2C2CN(Cc3ccc(C)cc3OC)CCO2)cc1. The van der Waals surface area contributed by atoms with E-state index in [0.717, 1.165) is 48.0 Å². The minimum atomic E-state index is -0.158. The number of anilines is 1. The molecular formula is C26H32N4O3. The molecule has 0 spiro atoms. The van der Waals surface area contributed by atoms with Gasteiger partial charge in [0.25, 0.3) is 0 Å².